The van der Waals surface area contributed by atoms with Crippen LogP contribution in [-0.4, -0.2) is 16.8 Å². The van der Waals surface area contributed by atoms with Crippen LogP contribution >= 0.6 is 11.8 Å². The fourth-order valence-corrected chi connectivity index (χ4v) is 3.25. The normalized spacial score (nSPS) is 22.2. The van der Waals surface area contributed by atoms with E-state index in [4.69, 9.17) is 5.73 Å². The predicted octanol–water partition coefficient (Wildman–Crippen LogP) is 3.09. The number of hydrogen-bond donors (Lipinski definition) is 2. The Hall–Kier alpha value is -1.49. The molecule has 0 aliphatic carbocycles. The van der Waals surface area contributed by atoms with Crippen LogP contribution in [0.2, 0.25) is 0 Å². The molecule has 0 bridgehead atoms. The van der Waals surface area contributed by atoms with Gasteiger partial charge < -0.3 is 11.1 Å². The number of aliphatic imine (C=N–C) groups is 1. The molecule has 1 amide bonds. The smallest absolute Gasteiger partial charge is 0.224 e. The molecule has 0 saturated heterocycles. The number of benzene rings is 1. The van der Waals surface area contributed by atoms with Gasteiger partial charge in [0.15, 0.2) is 5.17 Å². The summed E-state index contributed by atoms with van der Waals surface area (Å²) in [6, 6.07) is 7.91. The minimum absolute atomic E-state index is 0.0528. The van der Waals surface area contributed by atoms with E-state index in [1.54, 1.807) is 11.8 Å². The van der Waals surface area contributed by atoms with Crippen LogP contribution in [-0.2, 0) is 10.3 Å². The summed E-state index contributed by atoms with van der Waals surface area (Å²) in [6.45, 7) is 4.08. The highest BCUT2D eigenvalue weighted by atomic mass is 32.2. The third-order valence-corrected chi connectivity index (χ3v) is 4.24. The van der Waals surface area contributed by atoms with Crippen molar-refractivity contribution in [3.63, 3.8) is 0 Å². The van der Waals surface area contributed by atoms with Crippen LogP contribution < -0.4 is 11.1 Å². The predicted molar refractivity (Wildman–Crippen MR) is 86.0 cm³/mol. The summed E-state index contributed by atoms with van der Waals surface area (Å²) < 4.78 is 0. The van der Waals surface area contributed by atoms with Crippen molar-refractivity contribution in [1.29, 1.82) is 0 Å². The van der Waals surface area contributed by atoms with Gasteiger partial charge in [0.1, 0.15) is 0 Å². The van der Waals surface area contributed by atoms with E-state index in [1.165, 1.54) is 0 Å². The monoisotopic (exact) mass is 291 g/mol. The van der Waals surface area contributed by atoms with Crippen molar-refractivity contribution >= 4 is 28.5 Å². The molecule has 0 spiro atoms. The molecule has 5 heteroatoms. The van der Waals surface area contributed by atoms with Gasteiger partial charge in [-0.3, -0.25) is 9.79 Å². The van der Waals surface area contributed by atoms with E-state index < -0.39 is 0 Å². The maximum absolute atomic E-state index is 11.7. The number of carbonyl (C=O) groups excluding carboxylic acids is 1. The van der Waals surface area contributed by atoms with E-state index in [0.717, 1.165) is 29.8 Å². The zero-order valence-electron chi connectivity index (χ0n) is 12.0. The largest absolute Gasteiger partial charge is 0.379 e. The molecule has 0 unspecified atom stereocenters. The summed E-state index contributed by atoms with van der Waals surface area (Å²) in [4.78, 5) is 16.3. The third-order valence-electron chi connectivity index (χ3n) is 3.44. The minimum Gasteiger partial charge on any atom is -0.379 e. The molecule has 0 saturated carbocycles. The zero-order valence-corrected chi connectivity index (χ0v) is 12.8. The molecule has 1 heterocycles. The van der Waals surface area contributed by atoms with Gasteiger partial charge in [-0.05, 0) is 37.5 Å². The Bertz CT molecular complexity index is 530. The topological polar surface area (TPSA) is 67.5 Å². The van der Waals surface area contributed by atoms with Crippen LogP contribution in [0.1, 0.15) is 38.7 Å². The molecule has 3 N–H and O–H groups in total. The molecule has 1 atom stereocenters. The summed E-state index contributed by atoms with van der Waals surface area (Å²) in [7, 11) is 0. The maximum atomic E-state index is 11.7. The Morgan fingerprint density at radius 3 is 3.05 bits per heavy atom. The molecule has 20 heavy (non-hydrogen) atoms. The van der Waals surface area contributed by atoms with Gasteiger partial charge in [-0.1, -0.05) is 30.8 Å². The summed E-state index contributed by atoms with van der Waals surface area (Å²) in [5.41, 5.74) is 7.48. The minimum atomic E-state index is -0.291. The molecule has 1 aromatic carbocycles. The van der Waals surface area contributed by atoms with E-state index in [-0.39, 0.29) is 11.4 Å². The highest BCUT2D eigenvalue weighted by molar-refractivity contribution is 8.13. The first-order valence-corrected chi connectivity index (χ1v) is 7.90. The molecule has 2 rings (SSSR count). The first kappa shape index (κ1) is 14.9. The molecule has 1 aliphatic rings. The van der Waals surface area contributed by atoms with Crippen LogP contribution in [0.5, 0.6) is 0 Å². The van der Waals surface area contributed by atoms with E-state index in [9.17, 15) is 4.79 Å². The lowest BCUT2D eigenvalue weighted by molar-refractivity contribution is -0.116. The number of hydrogen-bond acceptors (Lipinski definition) is 4. The van der Waals surface area contributed by atoms with Gasteiger partial charge in [-0.25, -0.2) is 0 Å². The van der Waals surface area contributed by atoms with Crippen molar-refractivity contribution < 1.29 is 4.79 Å². The highest BCUT2D eigenvalue weighted by Crippen LogP contribution is 2.35. The standard InChI is InChI=1S/C15H21N3OS/c1-3-5-13(19)17-12-7-4-6-11(10-12)15(2)8-9-20-14(16)18-15/h4,6-7,10H,3,5,8-9H2,1-2H3,(H2,16,18)(H,17,19)/t15-/m0/s1. The first-order valence-electron chi connectivity index (χ1n) is 6.92. The molecule has 0 fully saturated rings. The number of anilines is 1. The molecule has 0 radical (unpaired) electrons. The van der Waals surface area contributed by atoms with Gasteiger partial charge in [-0.2, -0.15) is 0 Å². The lowest BCUT2D eigenvalue weighted by Gasteiger charge is -2.30. The number of amides is 1. The summed E-state index contributed by atoms with van der Waals surface area (Å²) in [5, 5.41) is 3.57. The SMILES string of the molecule is CCCC(=O)Nc1cccc([C@]2(C)CCSC(N)=N2)c1. The number of amidine groups is 1. The first-order chi connectivity index (χ1) is 9.53. The van der Waals surface area contributed by atoms with Gasteiger partial charge in [0.2, 0.25) is 5.91 Å². The fourth-order valence-electron chi connectivity index (χ4n) is 2.28. The van der Waals surface area contributed by atoms with Crippen molar-refractivity contribution in [1.82, 2.24) is 0 Å². The molecule has 108 valence electrons. The van der Waals surface area contributed by atoms with Gasteiger partial charge in [-0.15, -0.1) is 0 Å². The maximum Gasteiger partial charge on any atom is 0.224 e. The van der Waals surface area contributed by atoms with Crippen LogP contribution in [0.3, 0.4) is 0 Å². The van der Waals surface area contributed by atoms with Gasteiger partial charge in [0.25, 0.3) is 0 Å². The molecule has 0 aromatic heterocycles. The number of nitrogens with one attached hydrogen (secondary N) is 1. The van der Waals surface area contributed by atoms with Crippen molar-refractivity contribution in [2.75, 3.05) is 11.1 Å². The highest BCUT2D eigenvalue weighted by Gasteiger charge is 2.29. The number of rotatable bonds is 4. The van der Waals surface area contributed by atoms with E-state index >= 15 is 0 Å². The molecule has 4 nitrogen and oxygen atoms in total. The zero-order chi connectivity index (χ0) is 14.6. The van der Waals surface area contributed by atoms with Crippen molar-refractivity contribution in [2.45, 2.75) is 38.6 Å². The fraction of sp³-hybridized carbons (Fsp3) is 0.467. The number of nitrogens with zero attached hydrogens (tertiary/aromatic N) is 1. The van der Waals surface area contributed by atoms with E-state index in [1.807, 2.05) is 31.2 Å². The van der Waals surface area contributed by atoms with Crippen LogP contribution in [0.4, 0.5) is 5.69 Å². The summed E-state index contributed by atoms with van der Waals surface area (Å²) in [5.74, 6) is 1.02. The van der Waals surface area contributed by atoms with Crippen molar-refractivity contribution in [3.8, 4) is 0 Å². The van der Waals surface area contributed by atoms with E-state index in [2.05, 4.69) is 17.2 Å². The van der Waals surface area contributed by atoms with Crippen molar-refractivity contribution in [2.24, 2.45) is 10.7 Å². The lowest BCUT2D eigenvalue weighted by atomic mass is 9.89. The summed E-state index contributed by atoms with van der Waals surface area (Å²) in [6.07, 6.45) is 2.34. The molecular formula is C15H21N3OS. The Kier molecular flexibility index (Phi) is 4.70. The number of carbonyl (C=O) groups is 1. The quantitative estimate of drug-likeness (QED) is 0.895. The Morgan fingerprint density at radius 1 is 1.55 bits per heavy atom. The Labute approximate surface area is 124 Å². The second-order valence-electron chi connectivity index (χ2n) is 5.20. The van der Waals surface area contributed by atoms with Crippen molar-refractivity contribution in [3.05, 3.63) is 29.8 Å². The van der Waals surface area contributed by atoms with Crippen LogP contribution in [0.15, 0.2) is 29.3 Å². The lowest BCUT2D eigenvalue weighted by Crippen LogP contribution is -2.28. The van der Waals surface area contributed by atoms with E-state index in [0.29, 0.717) is 11.6 Å². The second-order valence-corrected chi connectivity index (χ2v) is 6.32. The van der Waals surface area contributed by atoms with Gasteiger partial charge in [0, 0.05) is 17.9 Å². The van der Waals surface area contributed by atoms with Crippen LogP contribution in [0, 0.1) is 0 Å². The molecule has 1 aliphatic heterocycles. The molecule has 1 aromatic rings. The number of nitrogens with two attached hydrogens (primary N) is 1. The van der Waals surface area contributed by atoms with Gasteiger partial charge in [0.05, 0.1) is 5.54 Å². The third kappa shape index (κ3) is 3.54. The number of thioether (sulfide) groups is 1. The molecular weight excluding hydrogens is 270 g/mol. The second kappa shape index (κ2) is 6.31. The van der Waals surface area contributed by atoms with Gasteiger partial charge >= 0.3 is 0 Å². The Balaban J connectivity index is 2.21. The average Bonchev–Trinajstić information content (AvgIpc) is 2.39. The summed E-state index contributed by atoms with van der Waals surface area (Å²) >= 11 is 1.59. The Morgan fingerprint density at radius 2 is 2.35 bits per heavy atom. The van der Waals surface area contributed by atoms with Crippen LogP contribution in [0.25, 0.3) is 0 Å². The average molecular weight is 291 g/mol.